The third-order valence-corrected chi connectivity index (χ3v) is 2.61. The molecule has 17 heavy (non-hydrogen) atoms. The number of ketones is 1. The van der Waals surface area contributed by atoms with Crippen LogP contribution >= 0.6 is 0 Å². The highest BCUT2D eigenvalue weighted by atomic mass is 16.1. The minimum atomic E-state index is 0.121. The van der Waals surface area contributed by atoms with Crippen LogP contribution in [0.25, 0.3) is 0 Å². The predicted octanol–water partition coefficient (Wildman–Crippen LogP) is 2.11. The topological polar surface area (TPSA) is 47.8 Å². The van der Waals surface area contributed by atoms with E-state index in [1.165, 1.54) is 0 Å². The van der Waals surface area contributed by atoms with Gasteiger partial charge in [0, 0.05) is 31.1 Å². The summed E-state index contributed by atoms with van der Waals surface area (Å²) in [5.74, 6) is 0.121. The summed E-state index contributed by atoms with van der Waals surface area (Å²) < 4.78 is 1.76. The van der Waals surface area contributed by atoms with Gasteiger partial charge in [0.15, 0.2) is 5.78 Å². The molecule has 0 aliphatic carbocycles. The van der Waals surface area contributed by atoms with E-state index in [2.05, 4.69) is 10.1 Å². The van der Waals surface area contributed by atoms with Gasteiger partial charge in [0.1, 0.15) is 0 Å². The minimum absolute atomic E-state index is 0.121. The van der Waals surface area contributed by atoms with E-state index in [0.29, 0.717) is 18.4 Å². The molecule has 4 nitrogen and oxygen atoms in total. The zero-order valence-electron chi connectivity index (χ0n) is 9.84. The minimum Gasteiger partial charge on any atom is -0.294 e. The molecule has 0 amide bonds. The Morgan fingerprint density at radius 2 is 2.29 bits per heavy atom. The van der Waals surface area contributed by atoms with Crippen molar-refractivity contribution in [3.8, 4) is 0 Å². The molecule has 0 aromatic carbocycles. The van der Waals surface area contributed by atoms with Crippen LogP contribution in [0.1, 0.15) is 29.4 Å². The molecule has 0 aliphatic heterocycles. The molecular formula is C13H15N3O. The van der Waals surface area contributed by atoms with Gasteiger partial charge in [-0.2, -0.15) is 5.10 Å². The molecule has 0 saturated carbocycles. The number of carbonyl (C=O) groups is 1. The van der Waals surface area contributed by atoms with Crippen LogP contribution in [0.5, 0.6) is 0 Å². The van der Waals surface area contributed by atoms with E-state index in [1.54, 1.807) is 23.3 Å². The first-order chi connectivity index (χ1) is 8.29. The first-order valence-corrected chi connectivity index (χ1v) is 5.75. The molecule has 0 N–H and O–H groups in total. The smallest absolute Gasteiger partial charge is 0.166 e. The van der Waals surface area contributed by atoms with Crippen LogP contribution in [0.4, 0.5) is 0 Å². The summed E-state index contributed by atoms with van der Waals surface area (Å²) in [6, 6.07) is 5.74. The van der Waals surface area contributed by atoms with Crippen LogP contribution in [0, 0.1) is 0 Å². The average molecular weight is 229 g/mol. The Hall–Kier alpha value is -1.97. The number of pyridine rings is 1. The molecule has 4 heteroatoms. The van der Waals surface area contributed by atoms with E-state index < -0.39 is 0 Å². The number of aryl methyl sites for hydroxylation is 2. The maximum atomic E-state index is 11.9. The fraction of sp³-hybridized carbons (Fsp3) is 0.308. The predicted molar refractivity (Wildman–Crippen MR) is 64.8 cm³/mol. The fourth-order valence-electron chi connectivity index (χ4n) is 1.61. The van der Waals surface area contributed by atoms with Crippen LogP contribution in [-0.4, -0.2) is 20.5 Å². The molecule has 2 aromatic heterocycles. The summed E-state index contributed by atoms with van der Waals surface area (Å²) in [5.41, 5.74) is 1.63. The van der Waals surface area contributed by atoms with Crippen molar-refractivity contribution >= 4 is 5.78 Å². The van der Waals surface area contributed by atoms with Crippen molar-refractivity contribution in [1.29, 1.82) is 0 Å². The van der Waals surface area contributed by atoms with E-state index in [9.17, 15) is 4.79 Å². The van der Waals surface area contributed by atoms with Gasteiger partial charge in [0.2, 0.25) is 0 Å². The van der Waals surface area contributed by atoms with Gasteiger partial charge in [-0.25, -0.2) is 0 Å². The lowest BCUT2D eigenvalue weighted by Crippen LogP contribution is -2.01. The average Bonchev–Trinajstić information content (AvgIpc) is 2.86. The van der Waals surface area contributed by atoms with E-state index >= 15 is 0 Å². The van der Waals surface area contributed by atoms with Gasteiger partial charge in [-0.3, -0.25) is 14.5 Å². The van der Waals surface area contributed by atoms with Gasteiger partial charge in [-0.1, -0.05) is 6.07 Å². The number of carbonyl (C=O) groups excluding carboxylic acids is 1. The highest BCUT2D eigenvalue weighted by molar-refractivity contribution is 5.95. The number of hydrogen-bond donors (Lipinski definition) is 0. The Morgan fingerprint density at radius 3 is 2.94 bits per heavy atom. The lowest BCUT2D eigenvalue weighted by Gasteiger charge is -1.98. The largest absolute Gasteiger partial charge is 0.294 e. The van der Waals surface area contributed by atoms with Crippen LogP contribution in [0.15, 0.2) is 36.8 Å². The molecule has 0 atom stereocenters. The standard InChI is InChI=1S/C13H15N3O/c1-2-16-10-11(9-15-16)13(17)7-6-12-5-3-4-8-14-12/h3-5,8-10H,2,6-7H2,1H3. The van der Waals surface area contributed by atoms with Crippen molar-refractivity contribution in [2.75, 3.05) is 0 Å². The normalized spacial score (nSPS) is 10.4. The van der Waals surface area contributed by atoms with Crippen LogP contribution in [0.2, 0.25) is 0 Å². The lowest BCUT2D eigenvalue weighted by atomic mass is 10.1. The molecule has 0 unspecified atom stereocenters. The second kappa shape index (κ2) is 5.39. The SMILES string of the molecule is CCn1cc(C(=O)CCc2ccccn2)cn1. The van der Waals surface area contributed by atoms with Gasteiger partial charge in [0.05, 0.1) is 11.8 Å². The van der Waals surface area contributed by atoms with E-state index in [0.717, 1.165) is 12.2 Å². The Labute approximate surface area is 100 Å². The summed E-state index contributed by atoms with van der Waals surface area (Å²) in [5, 5.41) is 4.09. The Kier molecular flexibility index (Phi) is 3.65. The van der Waals surface area contributed by atoms with Gasteiger partial charge < -0.3 is 0 Å². The summed E-state index contributed by atoms with van der Waals surface area (Å²) in [6.45, 7) is 2.78. The molecule has 2 aromatic rings. The number of aromatic nitrogens is 3. The zero-order chi connectivity index (χ0) is 12.1. The molecule has 0 fully saturated rings. The summed E-state index contributed by atoms with van der Waals surface area (Å²) >= 11 is 0. The zero-order valence-corrected chi connectivity index (χ0v) is 9.84. The van der Waals surface area contributed by atoms with Crippen LogP contribution < -0.4 is 0 Å². The number of Topliss-reactive ketones (excluding diaryl/α,β-unsaturated/α-hetero) is 1. The molecule has 0 aliphatic rings. The number of nitrogens with zero attached hydrogens (tertiary/aromatic N) is 3. The van der Waals surface area contributed by atoms with Crippen molar-refractivity contribution < 1.29 is 4.79 Å². The van der Waals surface area contributed by atoms with Gasteiger partial charge in [-0.05, 0) is 25.5 Å². The quantitative estimate of drug-likeness (QED) is 0.738. The van der Waals surface area contributed by atoms with Gasteiger partial charge >= 0.3 is 0 Å². The first kappa shape index (κ1) is 11.5. The Balaban J connectivity index is 1.93. The fourth-order valence-corrected chi connectivity index (χ4v) is 1.61. The van der Waals surface area contributed by atoms with E-state index in [4.69, 9.17) is 0 Å². The third kappa shape index (κ3) is 3.00. The molecule has 0 saturated heterocycles. The molecule has 2 rings (SSSR count). The number of hydrogen-bond acceptors (Lipinski definition) is 3. The van der Waals surface area contributed by atoms with E-state index in [-0.39, 0.29) is 5.78 Å². The summed E-state index contributed by atoms with van der Waals surface area (Å²) in [4.78, 5) is 16.1. The van der Waals surface area contributed by atoms with Crippen molar-refractivity contribution in [2.45, 2.75) is 26.3 Å². The second-order valence-corrected chi connectivity index (χ2v) is 3.83. The molecule has 88 valence electrons. The van der Waals surface area contributed by atoms with Gasteiger partial charge in [0.25, 0.3) is 0 Å². The monoisotopic (exact) mass is 229 g/mol. The van der Waals surface area contributed by atoms with Crippen molar-refractivity contribution in [3.63, 3.8) is 0 Å². The lowest BCUT2D eigenvalue weighted by molar-refractivity contribution is 0.0982. The number of rotatable bonds is 5. The van der Waals surface area contributed by atoms with Crippen molar-refractivity contribution in [3.05, 3.63) is 48.0 Å². The highest BCUT2D eigenvalue weighted by Gasteiger charge is 2.08. The first-order valence-electron chi connectivity index (χ1n) is 5.75. The molecule has 0 bridgehead atoms. The highest BCUT2D eigenvalue weighted by Crippen LogP contribution is 2.06. The van der Waals surface area contributed by atoms with Crippen molar-refractivity contribution in [1.82, 2.24) is 14.8 Å². The third-order valence-electron chi connectivity index (χ3n) is 2.61. The summed E-state index contributed by atoms with van der Waals surface area (Å²) in [7, 11) is 0. The summed E-state index contributed by atoms with van der Waals surface area (Å²) in [6.07, 6.45) is 6.32. The maximum Gasteiger partial charge on any atom is 0.166 e. The molecular weight excluding hydrogens is 214 g/mol. The maximum absolute atomic E-state index is 11.9. The van der Waals surface area contributed by atoms with Gasteiger partial charge in [-0.15, -0.1) is 0 Å². The Bertz CT molecular complexity index is 490. The molecule has 0 radical (unpaired) electrons. The molecule has 0 spiro atoms. The second-order valence-electron chi connectivity index (χ2n) is 3.83. The van der Waals surface area contributed by atoms with E-state index in [1.807, 2.05) is 25.1 Å². The van der Waals surface area contributed by atoms with Crippen LogP contribution in [0.3, 0.4) is 0 Å². The Morgan fingerprint density at radius 1 is 1.41 bits per heavy atom. The van der Waals surface area contributed by atoms with Crippen LogP contribution in [-0.2, 0) is 13.0 Å². The molecule has 2 heterocycles. The van der Waals surface area contributed by atoms with Crippen molar-refractivity contribution in [2.24, 2.45) is 0 Å².